The van der Waals surface area contributed by atoms with Gasteiger partial charge in [-0.1, -0.05) is 36.2 Å². The van der Waals surface area contributed by atoms with Gasteiger partial charge in [0.15, 0.2) is 0 Å². The first kappa shape index (κ1) is 17.1. The van der Waals surface area contributed by atoms with Gasteiger partial charge in [-0.2, -0.15) is 0 Å². The van der Waals surface area contributed by atoms with Crippen LogP contribution in [0.3, 0.4) is 0 Å². The van der Waals surface area contributed by atoms with Crippen molar-refractivity contribution in [1.29, 1.82) is 0 Å². The SMILES string of the molecule is CCOC1(C(O)Cc2ccc(Cl)c(Cl)c2)CCC(C)CC1. The molecule has 1 fully saturated rings. The summed E-state index contributed by atoms with van der Waals surface area (Å²) in [4.78, 5) is 0. The summed E-state index contributed by atoms with van der Waals surface area (Å²) in [6.45, 7) is 4.89. The Hall–Kier alpha value is -0.280. The van der Waals surface area contributed by atoms with Crippen molar-refractivity contribution in [2.24, 2.45) is 5.92 Å². The second kappa shape index (κ2) is 7.32. The number of rotatable bonds is 5. The minimum atomic E-state index is -0.512. The lowest BCUT2D eigenvalue weighted by atomic mass is 9.75. The molecule has 21 heavy (non-hydrogen) atoms. The molecule has 1 aromatic carbocycles. The van der Waals surface area contributed by atoms with Gasteiger partial charge < -0.3 is 9.84 Å². The minimum absolute atomic E-state index is 0.409. The van der Waals surface area contributed by atoms with E-state index in [-0.39, 0.29) is 0 Å². The van der Waals surface area contributed by atoms with Gasteiger partial charge >= 0.3 is 0 Å². The quantitative estimate of drug-likeness (QED) is 0.833. The van der Waals surface area contributed by atoms with Crippen molar-refractivity contribution in [1.82, 2.24) is 0 Å². The Bertz CT molecular complexity index is 468. The summed E-state index contributed by atoms with van der Waals surface area (Å²) in [5, 5.41) is 11.8. The molecule has 1 unspecified atom stereocenters. The topological polar surface area (TPSA) is 29.5 Å². The molecule has 1 aliphatic carbocycles. The lowest BCUT2D eigenvalue weighted by Gasteiger charge is -2.42. The van der Waals surface area contributed by atoms with E-state index < -0.39 is 11.7 Å². The molecular formula is C17H24Cl2O2. The third kappa shape index (κ3) is 4.13. The van der Waals surface area contributed by atoms with Gasteiger partial charge in [-0.15, -0.1) is 0 Å². The molecule has 0 heterocycles. The van der Waals surface area contributed by atoms with E-state index in [0.29, 0.717) is 23.1 Å². The van der Waals surface area contributed by atoms with Gasteiger partial charge in [-0.05, 0) is 56.2 Å². The molecule has 0 bridgehead atoms. The second-order valence-electron chi connectivity index (χ2n) is 6.15. The zero-order chi connectivity index (χ0) is 15.5. The molecule has 1 aliphatic rings. The Labute approximate surface area is 137 Å². The van der Waals surface area contributed by atoms with Crippen molar-refractivity contribution in [3.05, 3.63) is 33.8 Å². The summed E-state index contributed by atoms with van der Waals surface area (Å²) in [5.41, 5.74) is 0.586. The first-order chi connectivity index (χ1) is 9.97. The van der Waals surface area contributed by atoms with Crippen LogP contribution in [0.15, 0.2) is 18.2 Å². The van der Waals surface area contributed by atoms with Gasteiger partial charge in [-0.3, -0.25) is 0 Å². The van der Waals surface area contributed by atoms with Crippen LogP contribution in [0.25, 0.3) is 0 Å². The van der Waals surface area contributed by atoms with E-state index in [4.69, 9.17) is 27.9 Å². The number of hydrogen-bond donors (Lipinski definition) is 1. The van der Waals surface area contributed by atoms with Crippen LogP contribution in [0, 0.1) is 5.92 Å². The molecular weight excluding hydrogens is 307 g/mol. The zero-order valence-corrected chi connectivity index (χ0v) is 14.3. The maximum absolute atomic E-state index is 10.8. The predicted octanol–water partition coefficient (Wildman–Crippen LogP) is 4.88. The average molecular weight is 331 g/mol. The van der Waals surface area contributed by atoms with Crippen LogP contribution in [0.5, 0.6) is 0 Å². The van der Waals surface area contributed by atoms with E-state index in [1.165, 1.54) is 0 Å². The fourth-order valence-electron chi connectivity index (χ4n) is 3.19. The van der Waals surface area contributed by atoms with Crippen molar-refractivity contribution in [3.8, 4) is 0 Å². The van der Waals surface area contributed by atoms with Gasteiger partial charge in [0.1, 0.15) is 0 Å². The van der Waals surface area contributed by atoms with Crippen LogP contribution in [0.1, 0.15) is 45.1 Å². The highest BCUT2D eigenvalue weighted by Crippen LogP contribution is 2.38. The summed E-state index contributed by atoms with van der Waals surface area (Å²) in [6.07, 6.45) is 4.10. The summed E-state index contributed by atoms with van der Waals surface area (Å²) < 4.78 is 6.00. The van der Waals surface area contributed by atoms with E-state index in [1.54, 1.807) is 6.07 Å². The molecule has 0 spiro atoms. The summed E-state index contributed by atoms with van der Waals surface area (Å²) >= 11 is 12.0. The molecule has 2 nitrogen and oxygen atoms in total. The lowest BCUT2D eigenvalue weighted by molar-refractivity contribution is -0.143. The van der Waals surface area contributed by atoms with Gasteiger partial charge in [0.25, 0.3) is 0 Å². The number of hydrogen-bond acceptors (Lipinski definition) is 2. The Balaban J connectivity index is 2.11. The van der Waals surface area contributed by atoms with Gasteiger partial charge in [0.05, 0.1) is 21.8 Å². The number of benzene rings is 1. The number of aliphatic hydroxyl groups excluding tert-OH is 1. The van der Waals surface area contributed by atoms with Crippen molar-refractivity contribution in [3.63, 3.8) is 0 Å². The average Bonchev–Trinajstić information content (AvgIpc) is 2.46. The Morgan fingerprint density at radius 1 is 1.29 bits per heavy atom. The molecule has 118 valence electrons. The molecule has 1 saturated carbocycles. The van der Waals surface area contributed by atoms with Gasteiger partial charge in [0, 0.05) is 13.0 Å². The maximum atomic E-state index is 10.8. The summed E-state index contributed by atoms with van der Waals surface area (Å²) in [5.74, 6) is 0.718. The van der Waals surface area contributed by atoms with E-state index in [9.17, 15) is 5.11 Å². The molecule has 0 radical (unpaired) electrons. The highest BCUT2D eigenvalue weighted by atomic mass is 35.5. The molecule has 0 aromatic heterocycles. The molecule has 1 atom stereocenters. The van der Waals surface area contributed by atoms with E-state index in [1.807, 2.05) is 19.1 Å². The van der Waals surface area contributed by atoms with Crippen molar-refractivity contribution >= 4 is 23.2 Å². The molecule has 0 amide bonds. The van der Waals surface area contributed by atoms with Crippen molar-refractivity contribution in [2.75, 3.05) is 6.61 Å². The van der Waals surface area contributed by atoms with Crippen LogP contribution >= 0.6 is 23.2 Å². The molecule has 1 N–H and O–H groups in total. The molecule has 0 saturated heterocycles. The lowest BCUT2D eigenvalue weighted by Crippen LogP contribution is -2.48. The van der Waals surface area contributed by atoms with Gasteiger partial charge in [0.2, 0.25) is 0 Å². The highest BCUT2D eigenvalue weighted by molar-refractivity contribution is 6.42. The zero-order valence-electron chi connectivity index (χ0n) is 12.7. The Kier molecular flexibility index (Phi) is 5.96. The molecule has 4 heteroatoms. The third-order valence-corrected chi connectivity index (χ3v) is 5.31. The van der Waals surface area contributed by atoms with Crippen LogP contribution in [0.4, 0.5) is 0 Å². The van der Waals surface area contributed by atoms with E-state index in [0.717, 1.165) is 37.2 Å². The van der Waals surface area contributed by atoms with Crippen LogP contribution in [0.2, 0.25) is 10.0 Å². The van der Waals surface area contributed by atoms with Crippen LogP contribution in [-0.2, 0) is 11.2 Å². The normalized spacial score (nSPS) is 27.6. The largest absolute Gasteiger partial charge is 0.390 e. The minimum Gasteiger partial charge on any atom is -0.390 e. The number of aliphatic hydroxyl groups is 1. The molecule has 1 aromatic rings. The van der Waals surface area contributed by atoms with E-state index in [2.05, 4.69) is 6.92 Å². The molecule has 2 rings (SSSR count). The third-order valence-electron chi connectivity index (χ3n) is 4.57. The number of ether oxygens (including phenoxy) is 1. The highest BCUT2D eigenvalue weighted by Gasteiger charge is 2.41. The van der Waals surface area contributed by atoms with Crippen LogP contribution in [-0.4, -0.2) is 23.4 Å². The van der Waals surface area contributed by atoms with Gasteiger partial charge in [-0.25, -0.2) is 0 Å². The predicted molar refractivity (Wildman–Crippen MR) is 88.2 cm³/mol. The smallest absolute Gasteiger partial charge is 0.0943 e. The summed E-state index contributed by atoms with van der Waals surface area (Å²) in [7, 11) is 0. The fourth-order valence-corrected chi connectivity index (χ4v) is 3.51. The Morgan fingerprint density at radius 3 is 2.52 bits per heavy atom. The Morgan fingerprint density at radius 2 is 1.95 bits per heavy atom. The van der Waals surface area contributed by atoms with E-state index >= 15 is 0 Å². The maximum Gasteiger partial charge on any atom is 0.0943 e. The monoisotopic (exact) mass is 330 g/mol. The first-order valence-corrected chi connectivity index (χ1v) is 8.48. The number of halogens is 2. The van der Waals surface area contributed by atoms with Crippen molar-refractivity contribution in [2.45, 2.75) is 57.7 Å². The van der Waals surface area contributed by atoms with Crippen molar-refractivity contribution < 1.29 is 9.84 Å². The fraction of sp³-hybridized carbons (Fsp3) is 0.647. The second-order valence-corrected chi connectivity index (χ2v) is 6.96. The standard InChI is InChI=1S/C17H24Cl2O2/c1-3-21-17(8-6-12(2)7-9-17)16(20)11-13-4-5-14(18)15(19)10-13/h4-5,10,12,16,20H,3,6-9,11H2,1-2H3. The first-order valence-electron chi connectivity index (χ1n) is 7.73. The van der Waals surface area contributed by atoms with Crippen LogP contribution < -0.4 is 0 Å². The molecule has 0 aliphatic heterocycles. The summed E-state index contributed by atoms with van der Waals surface area (Å²) in [6, 6.07) is 5.53.